The van der Waals surface area contributed by atoms with Gasteiger partial charge in [-0.15, -0.1) is 0 Å². The van der Waals surface area contributed by atoms with E-state index in [0.717, 1.165) is 29.0 Å². The molecular formula is C23H27N5O4. The summed E-state index contributed by atoms with van der Waals surface area (Å²) in [5.74, 6) is 0.255. The molecule has 32 heavy (non-hydrogen) atoms. The standard InChI is InChI=1S/C23H27N5O4/c1-3-26(2)20-5-4-8-24-22(20)27-9-11-28(12-10-27)23(31)18-14-25-19-7-6-16(13-17(18)19)32-15-21(29)30/h4-8,13-14,25H,3,9-12,15H2,1-2H3,(H,29,30). The summed E-state index contributed by atoms with van der Waals surface area (Å²) in [5.41, 5.74) is 2.44. The summed E-state index contributed by atoms with van der Waals surface area (Å²) in [6.45, 7) is 5.14. The number of aliphatic carboxylic acids is 1. The number of benzene rings is 1. The largest absolute Gasteiger partial charge is 0.482 e. The Hall–Kier alpha value is -3.75. The Balaban J connectivity index is 1.48. The second kappa shape index (κ2) is 9.17. The van der Waals surface area contributed by atoms with Crippen LogP contribution in [0.1, 0.15) is 17.3 Å². The fraction of sp³-hybridized carbons (Fsp3) is 0.348. The van der Waals surface area contributed by atoms with E-state index in [0.29, 0.717) is 37.5 Å². The van der Waals surface area contributed by atoms with Crippen molar-refractivity contribution >= 4 is 34.3 Å². The van der Waals surface area contributed by atoms with E-state index in [9.17, 15) is 9.59 Å². The van der Waals surface area contributed by atoms with Gasteiger partial charge in [0, 0.05) is 63.1 Å². The molecule has 1 amide bonds. The first kappa shape index (κ1) is 21.5. The minimum atomic E-state index is -1.05. The highest BCUT2D eigenvalue weighted by Crippen LogP contribution is 2.28. The number of carboxylic acids is 1. The van der Waals surface area contributed by atoms with E-state index >= 15 is 0 Å². The summed E-state index contributed by atoms with van der Waals surface area (Å²) < 4.78 is 5.27. The molecule has 1 saturated heterocycles. The van der Waals surface area contributed by atoms with Gasteiger partial charge in [-0.2, -0.15) is 0 Å². The normalized spacial score (nSPS) is 13.9. The third-order valence-electron chi connectivity index (χ3n) is 5.76. The van der Waals surface area contributed by atoms with Crippen LogP contribution in [-0.4, -0.2) is 78.2 Å². The highest BCUT2D eigenvalue weighted by molar-refractivity contribution is 6.07. The minimum absolute atomic E-state index is 0.0572. The molecule has 2 aromatic heterocycles. The number of rotatable bonds is 7. The number of pyridine rings is 1. The molecule has 1 fully saturated rings. The number of nitrogens with one attached hydrogen (secondary N) is 1. The lowest BCUT2D eigenvalue weighted by Crippen LogP contribution is -2.49. The number of fused-ring (bicyclic) bond motifs is 1. The Morgan fingerprint density at radius 2 is 2.00 bits per heavy atom. The molecule has 1 aliphatic heterocycles. The molecule has 0 atom stereocenters. The number of carboxylic acid groups (broad SMARTS) is 1. The summed E-state index contributed by atoms with van der Waals surface area (Å²) in [5, 5.41) is 9.54. The van der Waals surface area contributed by atoms with Crippen LogP contribution in [0.25, 0.3) is 10.9 Å². The highest BCUT2D eigenvalue weighted by atomic mass is 16.5. The van der Waals surface area contributed by atoms with Crippen LogP contribution in [0.2, 0.25) is 0 Å². The van der Waals surface area contributed by atoms with E-state index in [1.807, 2.05) is 18.0 Å². The number of amides is 1. The fourth-order valence-electron chi connectivity index (χ4n) is 3.90. The van der Waals surface area contributed by atoms with E-state index in [-0.39, 0.29) is 5.91 Å². The summed E-state index contributed by atoms with van der Waals surface area (Å²) in [4.78, 5) is 37.9. The van der Waals surface area contributed by atoms with Gasteiger partial charge in [0.2, 0.25) is 0 Å². The molecule has 0 aliphatic carbocycles. The first-order chi connectivity index (χ1) is 15.5. The average molecular weight is 438 g/mol. The van der Waals surface area contributed by atoms with Crippen LogP contribution in [0.15, 0.2) is 42.7 Å². The maximum Gasteiger partial charge on any atom is 0.341 e. The number of nitrogens with zero attached hydrogens (tertiary/aromatic N) is 4. The van der Waals surface area contributed by atoms with Gasteiger partial charge in [0.1, 0.15) is 5.75 Å². The van der Waals surface area contributed by atoms with Gasteiger partial charge in [0.25, 0.3) is 5.91 Å². The molecule has 4 rings (SSSR count). The van der Waals surface area contributed by atoms with Crippen LogP contribution in [0.3, 0.4) is 0 Å². The molecule has 0 unspecified atom stereocenters. The van der Waals surface area contributed by atoms with Gasteiger partial charge in [-0.3, -0.25) is 4.79 Å². The molecule has 0 saturated carbocycles. The van der Waals surface area contributed by atoms with Crippen LogP contribution < -0.4 is 14.5 Å². The lowest BCUT2D eigenvalue weighted by molar-refractivity contribution is -0.139. The van der Waals surface area contributed by atoms with Crippen molar-refractivity contribution in [3.63, 3.8) is 0 Å². The van der Waals surface area contributed by atoms with Crippen molar-refractivity contribution in [2.45, 2.75) is 6.92 Å². The number of hydrogen-bond acceptors (Lipinski definition) is 6. The van der Waals surface area contributed by atoms with Crippen LogP contribution in [0.4, 0.5) is 11.5 Å². The summed E-state index contributed by atoms with van der Waals surface area (Å²) in [7, 11) is 2.05. The molecule has 0 radical (unpaired) electrons. The Morgan fingerprint density at radius 1 is 1.22 bits per heavy atom. The summed E-state index contributed by atoms with van der Waals surface area (Å²) in [6, 6.07) is 9.19. The zero-order valence-electron chi connectivity index (χ0n) is 18.2. The second-order valence-electron chi connectivity index (χ2n) is 7.73. The van der Waals surface area contributed by atoms with Crippen molar-refractivity contribution in [1.82, 2.24) is 14.9 Å². The number of anilines is 2. The second-order valence-corrected chi connectivity index (χ2v) is 7.73. The Kier molecular flexibility index (Phi) is 6.16. The summed E-state index contributed by atoms with van der Waals surface area (Å²) >= 11 is 0. The Morgan fingerprint density at radius 3 is 2.72 bits per heavy atom. The van der Waals surface area contributed by atoms with Crippen LogP contribution in [0, 0.1) is 0 Å². The number of carbonyl (C=O) groups is 2. The van der Waals surface area contributed by atoms with Crippen molar-refractivity contribution in [2.24, 2.45) is 0 Å². The van der Waals surface area contributed by atoms with Crippen molar-refractivity contribution in [2.75, 3.05) is 56.2 Å². The predicted molar refractivity (Wildman–Crippen MR) is 123 cm³/mol. The van der Waals surface area contributed by atoms with Gasteiger partial charge in [-0.05, 0) is 37.3 Å². The smallest absolute Gasteiger partial charge is 0.341 e. The van der Waals surface area contributed by atoms with Crippen molar-refractivity contribution in [1.29, 1.82) is 0 Å². The molecular weight excluding hydrogens is 410 g/mol. The first-order valence-electron chi connectivity index (χ1n) is 10.6. The zero-order valence-corrected chi connectivity index (χ0v) is 18.2. The van der Waals surface area contributed by atoms with E-state index in [4.69, 9.17) is 9.84 Å². The topological polar surface area (TPSA) is 102 Å². The minimum Gasteiger partial charge on any atom is -0.482 e. The first-order valence-corrected chi connectivity index (χ1v) is 10.6. The maximum absolute atomic E-state index is 13.2. The number of carbonyl (C=O) groups excluding carboxylic acids is 1. The summed E-state index contributed by atoms with van der Waals surface area (Å²) in [6.07, 6.45) is 3.50. The quantitative estimate of drug-likeness (QED) is 0.585. The van der Waals surface area contributed by atoms with E-state index < -0.39 is 12.6 Å². The predicted octanol–water partition coefficient (Wildman–Crippen LogP) is 2.44. The third-order valence-corrected chi connectivity index (χ3v) is 5.76. The maximum atomic E-state index is 13.2. The lowest BCUT2D eigenvalue weighted by atomic mass is 10.1. The van der Waals surface area contributed by atoms with Gasteiger partial charge in [-0.25, -0.2) is 9.78 Å². The number of aromatic nitrogens is 2. The molecule has 1 aromatic carbocycles. The Bertz CT molecular complexity index is 1120. The van der Waals surface area contributed by atoms with Crippen molar-refractivity contribution < 1.29 is 19.4 Å². The molecule has 9 nitrogen and oxygen atoms in total. The molecule has 9 heteroatoms. The van der Waals surface area contributed by atoms with Crippen molar-refractivity contribution in [3.8, 4) is 5.75 Å². The highest BCUT2D eigenvalue weighted by Gasteiger charge is 2.26. The van der Waals surface area contributed by atoms with Crippen molar-refractivity contribution in [3.05, 3.63) is 48.3 Å². The SMILES string of the molecule is CCN(C)c1cccnc1N1CCN(C(=O)c2c[nH]c3ccc(OCC(=O)O)cc23)CC1. The molecule has 2 N–H and O–H groups in total. The number of H-pyrrole nitrogens is 1. The lowest BCUT2D eigenvalue weighted by Gasteiger charge is -2.37. The molecule has 1 aliphatic rings. The van der Waals surface area contributed by atoms with Gasteiger partial charge >= 0.3 is 5.97 Å². The molecule has 3 aromatic rings. The number of hydrogen-bond donors (Lipinski definition) is 2. The van der Waals surface area contributed by atoms with Gasteiger partial charge < -0.3 is 29.5 Å². The third kappa shape index (κ3) is 4.32. The van der Waals surface area contributed by atoms with Gasteiger partial charge in [0.05, 0.1) is 11.3 Å². The molecule has 0 spiro atoms. The van der Waals surface area contributed by atoms with Crippen LogP contribution in [-0.2, 0) is 4.79 Å². The average Bonchev–Trinajstić information content (AvgIpc) is 3.25. The van der Waals surface area contributed by atoms with Gasteiger partial charge in [-0.1, -0.05) is 0 Å². The Labute approximate surface area is 186 Å². The van der Waals surface area contributed by atoms with Crippen LogP contribution in [0.5, 0.6) is 5.75 Å². The number of ether oxygens (including phenoxy) is 1. The van der Waals surface area contributed by atoms with E-state index in [2.05, 4.69) is 32.8 Å². The monoisotopic (exact) mass is 437 g/mol. The molecule has 3 heterocycles. The molecule has 0 bridgehead atoms. The fourth-order valence-corrected chi connectivity index (χ4v) is 3.90. The van der Waals surface area contributed by atoms with Gasteiger partial charge in [0.15, 0.2) is 12.4 Å². The van der Waals surface area contributed by atoms with Crippen LogP contribution >= 0.6 is 0 Å². The number of aromatic amines is 1. The molecule has 168 valence electrons. The van der Waals surface area contributed by atoms with E-state index in [1.54, 1.807) is 30.6 Å². The van der Waals surface area contributed by atoms with E-state index in [1.165, 1.54) is 0 Å². The zero-order chi connectivity index (χ0) is 22.7. The number of piperazine rings is 1.